The highest BCUT2D eigenvalue weighted by Crippen LogP contribution is 2.25. The van der Waals surface area contributed by atoms with Crippen molar-refractivity contribution in [3.8, 4) is 23.1 Å². The van der Waals surface area contributed by atoms with Gasteiger partial charge >= 0.3 is 0 Å². The molecule has 0 saturated carbocycles. The third-order valence-corrected chi connectivity index (χ3v) is 2.42. The van der Waals surface area contributed by atoms with Crippen molar-refractivity contribution >= 4 is 5.65 Å². The Labute approximate surface area is 101 Å². The van der Waals surface area contributed by atoms with Crippen molar-refractivity contribution in [2.24, 2.45) is 0 Å². The number of rotatable bonds is 2. The first-order valence-corrected chi connectivity index (χ1v) is 5.12. The summed E-state index contributed by atoms with van der Waals surface area (Å²) in [5.41, 5.74) is 0.942. The fourth-order valence-electron chi connectivity index (χ4n) is 1.59. The van der Waals surface area contributed by atoms with Crippen LogP contribution in [0.25, 0.3) is 17.2 Å². The number of aryl methyl sites for hydroxylation is 1. The van der Waals surface area contributed by atoms with Gasteiger partial charge in [0.25, 0.3) is 5.88 Å². The molecular weight excluding hydrogens is 238 g/mol. The van der Waals surface area contributed by atoms with E-state index in [1.54, 1.807) is 13.0 Å². The Morgan fingerprint density at radius 2 is 2.17 bits per heavy atom. The molecule has 0 aliphatic heterocycles. The Hall–Kier alpha value is -2.64. The summed E-state index contributed by atoms with van der Waals surface area (Å²) in [6.07, 6.45) is 0. The number of ether oxygens (including phenoxy) is 1. The van der Waals surface area contributed by atoms with Gasteiger partial charge in [0, 0.05) is 12.1 Å². The van der Waals surface area contributed by atoms with Gasteiger partial charge in [0.1, 0.15) is 5.76 Å². The molecule has 8 nitrogen and oxygen atoms in total. The maximum Gasteiger partial charge on any atom is 0.272 e. The zero-order valence-electron chi connectivity index (χ0n) is 9.65. The Kier molecular flexibility index (Phi) is 2.15. The van der Waals surface area contributed by atoms with Gasteiger partial charge < -0.3 is 14.4 Å². The van der Waals surface area contributed by atoms with Crippen LogP contribution in [0.3, 0.4) is 0 Å². The fourth-order valence-corrected chi connectivity index (χ4v) is 1.59. The minimum Gasteiger partial charge on any atom is -0.491 e. The number of aromatic nitrogens is 5. The molecule has 3 aromatic rings. The van der Waals surface area contributed by atoms with Crippen molar-refractivity contribution in [2.75, 3.05) is 7.11 Å². The summed E-state index contributed by atoms with van der Waals surface area (Å²) in [6.45, 7) is 1.77. The van der Waals surface area contributed by atoms with Crippen LogP contribution in [0.1, 0.15) is 5.76 Å². The normalized spacial score (nSPS) is 11.0. The van der Waals surface area contributed by atoms with Crippen LogP contribution in [-0.2, 0) is 0 Å². The average molecular weight is 247 g/mol. The molecule has 0 amide bonds. The molecule has 0 unspecified atom stereocenters. The molecule has 0 atom stereocenters. The van der Waals surface area contributed by atoms with Gasteiger partial charge in [-0.1, -0.05) is 5.16 Å². The van der Waals surface area contributed by atoms with E-state index in [0.29, 0.717) is 22.9 Å². The lowest BCUT2D eigenvalue weighted by Gasteiger charge is -2.02. The fraction of sp³-hybridized carbons (Fsp3) is 0.200. The Bertz CT molecular complexity index is 717. The highest BCUT2D eigenvalue weighted by atomic mass is 16.5. The lowest BCUT2D eigenvalue weighted by molar-refractivity contribution is 0.358. The van der Waals surface area contributed by atoms with Gasteiger partial charge in [0.05, 0.1) is 7.11 Å². The van der Waals surface area contributed by atoms with Gasteiger partial charge in [-0.05, 0) is 6.92 Å². The zero-order chi connectivity index (χ0) is 12.7. The van der Waals surface area contributed by atoms with E-state index in [1.807, 2.05) is 0 Å². The van der Waals surface area contributed by atoms with E-state index in [1.165, 1.54) is 17.7 Å². The molecule has 0 bridgehead atoms. The molecule has 92 valence electrons. The van der Waals surface area contributed by atoms with E-state index in [2.05, 4.69) is 20.5 Å². The second-order valence-electron chi connectivity index (χ2n) is 3.65. The molecule has 8 heteroatoms. The third-order valence-electron chi connectivity index (χ3n) is 2.42. The molecule has 1 N–H and O–H groups in total. The van der Waals surface area contributed by atoms with E-state index in [4.69, 9.17) is 9.26 Å². The number of hydrogen-bond acceptors (Lipinski definition) is 7. The minimum atomic E-state index is -0.244. The Morgan fingerprint density at radius 3 is 2.83 bits per heavy atom. The van der Waals surface area contributed by atoms with Crippen LogP contribution < -0.4 is 4.74 Å². The second-order valence-corrected chi connectivity index (χ2v) is 3.65. The second kappa shape index (κ2) is 3.69. The average Bonchev–Trinajstić information content (AvgIpc) is 2.94. The molecular formula is C10H9N5O3. The molecule has 0 saturated heterocycles. The number of nitrogens with zero attached hydrogens (tertiary/aromatic N) is 5. The zero-order valence-corrected chi connectivity index (χ0v) is 9.65. The molecule has 3 aromatic heterocycles. The number of methoxy groups -OCH3 is 1. The standard InChI is InChI=1S/C10H9N5O3/c1-5-3-6(14-18-5)9-12-11-8-4-7(17-2)10(16)13-15(8)9/h3-4H,1-2H3,(H,13,16). The highest BCUT2D eigenvalue weighted by Gasteiger charge is 2.16. The largest absolute Gasteiger partial charge is 0.491 e. The Balaban J connectivity index is 2.23. The third kappa shape index (κ3) is 1.46. The van der Waals surface area contributed by atoms with E-state index < -0.39 is 0 Å². The molecule has 0 radical (unpaired) electrons. The van der Waals surface area contributed by atoms with Crippen molar-refractivity contribution in [1.82, 2.24) is 25.0 Å². The van der Waals surface area contributed by atoms with Crippen LogP contribution in [-0.4, -0.2) is 37.2 Å². The summed E-state index contributed by atoms with van der Waals surface area (Å²) in [5.74, 6) is 1.03. The van der Waals surface area contributed by atoms with Crippen LogP contribution in [0.4, 0.5) is 0 Å². The van der Waals surface area contributed by atoms with Gasteiger partial charge in [-0.15, -0.1) is 15.3 Å². The lowest BCUT2D eigenvalue weighted by Crippen LogP contribution is -1.97. The molecule has 0 aliphatic carbocycles. The molecule has 0 spiro atoms. The van der Waals surface area contributed by atoms with Crippen molar-refractivity contribution < 1.29 is 14.4 Å². The van der Waals surface area contributed by atoms with Gasteiger partial charge in [-0.25, -0.2) is 0 Å². The van der Waals surface area contributed by atoms with Crippen LogP contribution in [0.15, 0.2) is 16.7 Å². The predicted octanol–water partition coefficient (Wildman–Crippen LogP) is 0.802. The van der Waals surface area contributed by atoms with Crippen molar-refractivity contribution in [2.45, 2.75) is 6.92 Å². The van der Waals surface area contributed by atoms with Crippen molar-refractivity contribution in [1.29, 1.82) is 0 Å². The Morgan fingerprint density at radius 1 is 1.33 bits per heavy atom. The summed E-state index contributed by atoms with van der Waals surface area (Å²) in [6, 6.07) is 3.24. The summed E-state index contributed by atoms with van der Waals surface area (Å²) >= 11 is 0. The minimum absolute atomic E-state index is 0.234. The van der Waals surface area contributed by atoms with Gasteiger partial charge in [-0.2, -0.15) is 4.52 Å². The molecule has 0 fully saturated rings. The van der Waals surface area contributed by atoms with Crippen molar-refractivity contribution in [3.63, 3.8) is 0 Å². The molecule has 3 rings (SSSR count). The van der Waals surface area contributed by atoms with Gasteiger partial charge in [-0.3, -0.25) is 0 Å². The van der Waals surface area contributed by atoms with Crippen molar-refractivity contribution in [3.05, 3.63) is 17.9 Å². The first kappa shape index (κ1) is 10.5. The smallest absolute Gasteiger partial charge is 0.272 e. The maximum absolute atomic E-state index is 9.65. The topological polar surface area (TPSA) is 98.6 Å². The predicted molar refractivity (Wildman–Crippen MR) is 59.2 cm³/mol. The summed E-state index contributed by atoms with van der Waals surface area (Å²) in [7, 11) is 1.44. The maximum atomic E-state index is 9.65. The van der Waals surface area contributed by atoms with E-state index >= 15 is 0 Å². The quantitative estimate of drug-likeness (QED) is 0.715. The summed E-state index contributed by atoms with van der Waals surface area (Å²) in [4.78, 5) is 0. The monoisotopic (exact) mass is 247 g/mol. The summed E-state index contributed by atoms with van der Waals surface area (Å²) < 4.78 is 11.3. The van der Waals surface area contributed by atoms with Crippen LogP contribution in [0.2, 0.25) is 0 Å². The van der Waals surface area contributed by atoms with Crippen LogP contribution in [0, 0.1) is 6.92 Å². The van der Waals surface area contributed by atoms with Crippen LogP contribution in [0.5, 0.6) is 11.6 Å². The van der Waals surface area contributed by atoms with E-state index in [0.717, 1.165) is 0 Å². The molecule has 0 aromatic carbocycles. The van der Waals surface area contributed by atoms with E-state index in [9.17, 15) is 5.11 Å². The number of aromatic hydroxyl groups is 1. The van der Waals surface area contributed by atoms with Gasteiger partial charge in [0.2, 0.25) is 5.82 Å². The highest BCUT2D eigenvalue weighted by molar-refractivity contribution is 5.56. The lowest BCUT2D eigenvalue weighted by atomic mass is 10.3. The summed E-state index contributed by atoms with van der Waals surface area (Å²) in [5, 5.41) is 25.3. The molecule has 18 heavy (non-hydrogen) atoms. The number of hydrogen-bond donors (Lipinski definition) is 1. The van der Waals surface area contributed by atoms with E-state index in [-0.39, 0.29) is 11.6 Å². The van der Waals surface area contributed by atoms with Crippen LogP contribution >= 0.6 is 0 Å². The molecule has 0 aliphatic rings. The first-order chi connectivity index (χ1) is 8.69. The van der Waals surface area contributed by atoms with Gasteiger partial charge in [0.15, 0.2) is 17.1 Å². The number of fused-ring (bicyclic) bond motifs is 1. The first-order valence-electron chi connectivity index (χ1n) is 5.12. The SMILES string of the molecule is COc1cc2nnc(-c3cc(C)on3)n2nc1O. The molecule has 3 heterocycles.